The second-order valence-corrected chi connectivity index (χ2v) is 19.9. The van der Waals surface area contributed by atoms with E-state index in [1.165, 1.54) is 22.5 Å². The van der Waals surface area contributed by atoms with Gasteiger partial charge < -0.3 is 29.9 Å². The van der Waals surface area contributed by atoms with Crippen molar-refractivity contribution in [3.05, 3.63) is 107 Å². The first kappa shape index (κ1) is 44.5. The molecule has 2 N–H and O–H groups in total. The highest BCUT2D eigenvalue weighted by Crippen LogP contribution is 2.34. The van der Waals surface area contributed by atoms with E-state index in [0.29, 0.717) is 35.3 Å². The molecule has 2 aromatic carbocycles. The number of hydrogen-bond acceptors (Lipinski definition) is 14. The van der Waals surface area contributed by atoms with Crippen LogP contribution in [0.5, 0.6) is 0 Å². The Balaban J connectivity index is 0.000000149. The third-order valence-corrected chi connectivity index (χ3v) is 14.8. The predicted octanol–water partition coefficient (Wildman–Crippen LogP) is 5.32. The number of aromatic nitrogens is 6. The van der Waals surface area contributed by atoms with Gasteiger partial charge in [-0.3, -0.25) is 29.1 Å². The van der Waals surface area contributed by atoms with Crippen molar-refractivity contribution in [1.82, 2.24) is 50.0 Å². The lowest BCUT2D eigenvalue weighted by Crippen LogP contribution is -2.56. The molecule has 16 heteroatoms. The zero-order valence-electron chi connectivity index (χ0n) is 39.6. The lowest BCUT2D eigenvalue weighted by atomic mass is 10.0. The standard InChI is InChI=1S/2C26H31N7O/c2*1-17-11-32(24-6-5-19(10-27)26-23(24)4-3-8-29-26)16-22(34-17)15-31-13-21(14-31)33-12-20-7-9-28-18(2)25(20)30-33/h2*3-6,8,12,17-18,21-22,28H,7,9,11,13-16H2,1-2H3/t17-,18+,22+;17-,18-,22+/m11/s1. The molecule has 10 heterocycles. The molecular weight excluding hydrogens is 853 g/mol. The number of nitrogens with one attached hydrogen (secondary N) is 2. The van der Waals surface area contributed by atoms with Crippen molar-refractivity contribution in [2.24, 2.45) is 0 Å². The minimum absolute atomic E-state index is 0.141. The molecule has 0 radical (unpaired) electrons. The van der Waals surface area contributed by atoms with Gasteiger partial charge in [0.25, 0.3) is 0 Å². The van der Waals surface area contributed by atoms with Gasteiger partial charge in [-0.05, 0) is 113 Å². The molecule has 6 atom stereocenters. The van der Waals surface area contributed by atoms with Crippen LogP contribution in [0.25, 0.3) is 21.8 Å². The number of nitrogens with zero attached hydrogens (tertiary/aromatic N) is 12. The highest BCUT2D eigenvalue weighted by atomic mass is 16.5. The minimum atomic E-state index is 0.141. The second kappa shape index (κ2) is 18.8. The van der Waals surface area contributed by atoms with E-state index < -0.39 is 0 Å². The molecule has 0 unspecified atom stereocenters. The van der Waals surface area contributed by atoms with E-state index in [1.54, 1.807) is 12.4 Å². The lowest BCUT2D eigenvalue weighted by molar-refractivity contribution is -0.0491. The molecular formula is C52H62N14O2. The van der Waals surface area contributed by atoms with Crippen LogP contribution >= 0.6 is 0 Å². The molecule has 6 aromatic rings. The number of benzene rings is 2. The van der Waals surface area contributed by atoms with Gasteiger partial charge in [0.2, 0.25) is 0 Å². The maximum Gasteiger partial charge on any atom is 0.101 e. The Hall–Kier alpha value is -5.98. The summed E-state index contributed by atoms with van der Waals surface area (Å²) in [4.78, 5) is 18.7. The molecule has 6 aliphatic rings. The number of fused-ring (bicyclic) bond motifs is 4. The molecule has 6 aliphatic heterocycles. The zero-order valence-corrected chi connectivity index (χ0v) is 39.6. The Morgan fingerprint density at radius 2 is 1.03 bits per heavy atom. The number of rotatable bonds is 8. The smallest absolute Gasteiger partial charge is 0.101 e. The van der Waals surface area contributed by atoms with E-state index >= 15 is 0 Å². The van der Waals surface area contributed by atoms with Crippen LogP contribution in [0.15, 0.2) is 73.3 Å². The Bertz CT molecular complexity index is 2680. The minimum Gasteiger partial charge on any atom is -0.370 e. The first-order valence-corrected chi connectivity index (χ1v) is 24.6. The van der Waals surface area contributed by atoms with E-state index in [-0.39, 0.29) is 24.4 Å². The summed E-state index contributed by atoms with van der Waals surface area (Å²) in [5.41, 5.74) is 10.3. The van der Waals surface area contributed by atoms with E-state index in [9.17, 15) is 10.5 Å². The fourth-order valence-corrected chi connectivity index (χ4v) is 11.4. The number of ether oxygens (including phenoxy) is 2. The van der Waals surface area contributed by atoms with Gasteiger partial charge in [-0.2, -0.15) is 20.7 Å². The fourth-order valence-electron chi connectivity index (χ4n) is 11.4. The summed E-state index contributed by atoms with van der Waals surface area (Å²) in [6.07, 6.45) is 10.7. The Morgan fingerprint density at radius 1 is 0.588 bits per heavy atom. The SMILES string of the molecule is C[C@@H]1CN(c2ccc(C#N)c3ncccc23)C[C@H](CN2CC(n3cc4c(n3)[C@@H](C)NCC4)C2)O1.C[C@@H]1CN(c2ccc(C#N)c3ncccc23)C[C@H](CN2CC(n3cc4c(n3)[C@H](C)NCC4)C2)O1. The van der Waals surface area contributed by atoms with Crippen molar-refractivity contribution < 1.29 is 9.47 Å². The van der Waals surface area contributed by atoms with Crippen molar-refractivity contribution in [2.75, 3.05) is 88.3 Å². The molecule has 0 saturated carbocycles. The largest absolute Gasteiger partial charge is 0.370 e. The highest BCUT2D eigenvalue weighted by molar-refractivity contribution is 5.96. The van der Waals surface area contributed by atoms with Gasteiger partial charge >= 0.3 is 0 Å². The van der Waals surface area contributed by atoms with Crippen LogP contribution in [0.3, 0.4) is 0 Å². The van der Waals surface area contributed by atoms with E-state index in [1.807, 2.05) is 24.3 Å². The van der Waals surface area contributed by atoms with Crippen molar-refractivity contribution in [1.29, 1.82) is 10.5 Å². The van der Waals surface area contributed by atoms with Crippen LogP contribution in [-0.4, -0.2) is 142 Å². The molecule has 0 aliphatic carbocycles. The van der Waals surface area contributed by atoms with Gasteiger partial charge in [-0.25, -0.2) is 0 Å². The van der Waals surface area contributed by atoms with Crippen molar-refractivity contribution >= 4 is 33.2 Å². The molecule has 68 heavy (non-hydrogen) atoms. The molecule has 0 amide bonds. The maximum absolute atomic E-state index is 9.48. The predicted molar refractivity (Wildman–Crippen MR) is 262 cm³/mol. The third-order valence-electron chi connectivity index (χ3n) is 14.8. The van der Waals surface area contributed by atoms with Gasteiger partial charge in [-0.15, -0.1) is 0 Å². The summed E-state index contributed by atoms with van der Waals surface area (Å²) < 4.78 is 17.1. The second-order valence-electron chi connectivity index (χ2n) is 19.9. The van der Waals surface area contributed by atoms with E-state index in [0.717, 1.165) is 125 Å². The first-order chi connectivity index (χ1) is 33.2. The monoisotopic (exact) mass is 915 g/mol. The third kappa shape index (κ3) is 8.81. The molecule has 4 saturated heterocycles. The van der Waals surface area contributed by atoms with Gasteiger partial charge in [0.15, 0.2) is 0 Å². The average molecular weight is 915 g/mol. The summed E-state index contributed by atoms with van der Waals surface area (Å²) >= 11 is 0. The van der Waals surface area contributed by atoms with Crippen molar-refractivity contribution in [3.8, 4) is 12.1 Å². The Morgan fingerprint density at radius 3 is 1.44 bits per heavy atom. The summed E-state index contributed by atoms with van der Waals surface area (Å²) in [5.74, 6) is 0. The lowest BCUT2D eigenvalue weighted by Gasteiger charge is -2.44. The molecule has 16 nitrogen and oxygen atoms in total. The molecule has 0 spiro atoms. The Kier molecular flexibility index (Phi) is 12.3. The van der Waals surface area contributed by atoms with Crippen LogP contribution in [0.4, 0.5) is 11.4 Å². The van der Waals surface area contributed by atoms with Crippen LogP contribution in [0.2, 0.25) is 0 Å². The van der Waals surface area contributed by atoms with Crippen LogP contribution in [0, 0.1) is 22.7 Å². The molecule has 4 aromatic heterocycles. The summed E-state index contributed by atoms with van der Waals surface area (Å²) in [6, 6.07) is 22.0. The molecule has 12 rings (SSSR count). The maximum atomic E-state index is 9.48. The number of anilines is 2. The molecule has 0 bridgehead atoms. The van der Waals surface area contributed by atoms with Crippen LogP contribution in [-0.2, 0) is 22.3 Å². The van der Waals surface area contributed by atoms with E-state index in [2.05, 4.69) is 126 Å². The summed E-state index contributed by atoms with van der Waals surface area (Å²) in [5, 5.41) is 37.8. The highest BCUT2D eigenvalue weighted by Gasteiger charge is 2.37. The quantitative estimate of drug-likeness (QED) is 0.202. The summed E-state index contributed by atoms with van der Waals surface area (Å²) in [7, 11) is 0. The van der Waals surface area contributed by atoms with Crippen LogP contribution in [0.1, 0.15) is 85.5 Å². The van der Waals surface area contributed by atoms with Crippen LogP contribution < -0.4 is 20.4 Å². The van der Waals surface area contributed by atoms with Crippen molar-refractivity contribution in [3.63, 3.8) is 0 Å². The number of hydrogen-bond donors (Lipinski definition) is 2. The number of pyridine rings is 2. The van der Waals surface area contributed by atoms with E-state index in [4.69, 9.17) is 19.7 Å². The fraction of sp³-hybridized carbons (Fsp3) is 0.500. The zero-order chi connectivity index (χ0) is 46.5. The summed E-state index contributed by atoms with van der Waals surface area (Å²) in [6.45, 7) is 20.0. The Labute approximate surface area is 398 Å². The number of morpholine rings is 2. The number of likely N-dealkylation sites (tertiary alicyclic amines) is 2. The van der Waals surface area contributed by atoms with Gasteiger partial charge in [0, 0.05) is 124 Å². The molecule has 4 fully saturated rings. The number of nitriles is 2. The first-order valence-electron chi connectivity index (χ1n) is 24.6. The van der Waals surface area contributed by atoms with Gasteiger partial charge in [0.05, 0.1) is 70.0 Å². The topological polar surface area (TPSA) is 164 Å². The molecule has 352 valence electrons. The average Bonchev–Trinajstić information content (AvgIpc) is 3.96. The van der Waals surface area contributed by atoms with Gasteiger partial charge in [0.1, 0.15) is 12.1 Å². The normalized spacial score (nSPS) is 25.7. The van der Waals surface area contributed by atoms with Crippen molar-refractivity contribution in [2.45, 2.75) is 89.1 Å². The van der Waals surface area contributed by atoms with Gasteiger partial charge in [-0.1, -0.05) is 0 Å².